The van der Waals surface area contributed by atoms with Crippen molar-refractivity contribution in [3.63, 3.8) is 0 Å². The predicted molar refractivity (Wildman–Crippen MR) is 179 cm³/mol. The number of hydrogen-bond acceptors (Lipinski definition) is 13. The number of ether oxygens (including phenoxy) is 4. The van der Waals surface area contributed by atoms with E-state index in [0.29, 0.717) is 76.6 Å². The zero-order valence-electron chi connectivity index (χ0n) is 29.9. The average molecular weight is 730 g/mol. The van der Waals surface area contributed by atoms with E-state index in [-0.39, 0.29) is 62.7 Å². The topological polar surface area (TPSA) is 232 Å². The van der Waals surface area contributed by atoms with Crippen molar-refractivity contribution in [2.75, 3.05) is 59.3 Å². The van der Waals surface area contributed by atoms with Gasteiger partial charge >= 0.3 is 6.09 Å². The molecule has 0 aromatic carbocycles. The van der Waals surface area contributed by atoms with Gasteiger partial charge < -0.3 is 45.1 Å². The van der Waals surface area contributed by atoms with Crippen molar-refractivity contribution in [2.24, 2.45) is 0 Å². The number of hydroxylamine groups is 2. The van der Waals surface area contributed by atoms with Crippen LogP contribution in [0.1, 0.15) is 78.6 Å². The fourth-order valence-electron chi connectivity index (χ4n) is 4.82. The third-order valence-corrected chi connectivity index (χ3v) is 7.40. The highest BCUT2D eigenvalue weighted by Crippen LogP contribution is 2.20. The number of unbranched alkanes of at least 4 members (excludes halogenated alkanes) is 3. The molecule has 2 heterocycles. The summed E-state index contributed by atoms with van der Waals surface area (Å²) in [4.78, 5) is 77.6. The molecule has 0 bridgehead atoms. The Morgan fingerprint density at radius 3 is 2.16 bits per heavy atom. The number of nitrogens with one attached hydrogen (secondary N) is 3. The summed E-state index contributed by atoms with van der Waals surface area (Å²) in [7, 11) is 0. The Balaban J connectivity index is 1.44. The van der Waals surface area contributed by atoms with Crippen LogP contribution in [0.2, 0.25) is 0 Å². The van der Waals surface area contributed by atoms with Crippen LogP contribution in [0.25, 0.3) is 0 Å². The van der Waals surface area contributed by atoms with Gasteiger partial charge in [0, 0.05) is 51.0 Å². The van der Waals surface area contributed by atoms with Crippen LogP contribution < -0.4 is 16.0 Å². The molecule has 6 amide bonds. The Bertz CT molecular complexity index is 1140. The van der Waals surface area contributed by atoms with Gasteiger partial charge in [-0.3, -0.25) is 28.9 Å². The van der Waals surface area contributed by atoms with Crippen molar-refractivity contribution in [2.45, 2.75) is 103 Å². The number of hydrogen-bond donors (Lipinski definition) is 5. The Kier molecular flexibility index (Phi) is 20.2. The summed E-state index contributed by atoms with van der Waals surface area (Å²) in [5.74, 6) is -1.48. The molecule has 0 saturated carbocycles. The molecule has 290 valence electrons. The van der Waals surface area contributed by atoms with Crippen molar-refractivity contribution < 1.29 is 62.8 Å². The number of rotatable bonds is 26. The van der Waals surface area contributed by atoms with Gasteiger partial charge in [-0.1, -0.05) is 6.42 Å². The van der Waals surface area contributed by atoms with Crippen LogP contribution in [0.3, 0.4) is 0 Å². The molecule has 0 radical (unpaired) electrons. The van der Waals surface area contributed by atoms with Crippen LogP contribution in [0, 0.1) is 0 Å². The molecule has 0 aromatic rings. The van der Waals surface area contributed by atoms with Gasteiger partial charge in [-0.25, -0.2) is 9.63 Å². The van der Waals surface area contributed by atoms with Crippen LogP contribution in [0.15, 0.2) is 12.2 Å². The Morgan fingerprint density at radius 1 is 0.863 bits per heavy atom. The van der Waals surface area contributed by atoms with E-state index in [9.17, 15) is 39.0 Å². The maximum atomic E-state index is 12.3. The standard InChI is InChI=1S/C33H55N5O13/c1-33(2,3)50-32(46)36-24(31(45)51-38-29(43)13-14-30(38)44)9-6-7-15-34-26(40)23-49-22-21-48-20-19-47-18-16-35-25(39)10-5-4-8-17-37-27(41)11-12-28(37)42/h11-12,24,29,31,43,45H,4-10,13-23H2,1-3H3,(H,34,40)(H,35,39)(H,36,46). The second-order valence-corrected chi connectivity index (χ2v) is 12.9. The summed E-state index contributed by atoms with van der Waals surface area (Å²) in [5.41, 5.74) is -0.776. The maximum absolute atomic E-state index is 12.3. The molecule has 2 aliphatic rings. The Hall–Kier alpha value is -3.68. The minimum atomic E-state index is -1.62. The number of carbonyl (C=O) groups excluding carboxylic acids is 6. The van der Waals surface area contributed by atoms with Crippen LogP contribution in [0.5, 0.6) is 0 Å². The van der Waals surface area contributed by atoms with Crippen LogP contribution in [-0.4, -0.2) is 139 Å². The maximum Gasteiger partial charge on any atom is 0.408 e. The summed E-state index contributed by atoms with van der Waals surface area (Å²) < 4.78 is 21.4. The minimum Gasteiger partial charge on any atom is -0.444 e. The number of carbonyl (C=O) groups is 6. The summed E-state index contributed by atoms with van der Waals surface area (Å²) >= 11 is 0. The van der Waals surface area contributed by atoms with Crippen molar-refractivity contribution >= 4 is 35.6 Å². The lowest BCUT2D eigenvalue weighted by Crippen LogP contribution is -2.49. The quantitative estimate of drug-likeness (QED) is 0.0449. The third kappa shape index (κ3) is 18.9. The van der Waals surface area contributed by atoms with Crippen molar-refractivity contribution in [1.82, 2.24) is 25.9 Å². The first kappa shape index (κ1) is 43.5. The highest BCUT2D eigenvalue weighted by Gasteiger charge is 2.35. The van der Waals surface area contributed by atoms with Gasteiger partial charge in [-0.05, 0) is 52.9 Å². The first-order valence-electron chi connectivity index (χ1n) is 17.4. The molecule has 51 heavy (non-hydrogen) atoms. The lowest BCUT2D eigenvalue weighted by atomic mass is 10.1. The van der Waals surface area contributed by atoms with E-state index in [4.69, 9.17) is 23.8 Å². The molecule has 1 fully saturated rings. The number of aliphatic hydroxyl groups is 2. The molecule has 18 heteroatoms. The summed E-state index contributed by atoms with van der Waals surface area (Å²) in [6.07, 6.45) is 2.77. The first-order chi connectivity index (χ1) is 24.3. The number of alkyl carbamates (subject to hydrolysis) is 1. The lowest BCUT2D eigenvalue weighted by Gasteiger charge is -2.29. The van der Waals surface area contributed by atoms with Gasteiger partial charge in [0.25, 0.3) is 11.8 Å². The van der Waals surface area contributed by atoms with Crippen LogP contribution >= 0.6 is 0 Å². The fraction of sp³-hybridized carbons (Fsp3) is 0.758. The lowest BCUT2D eigenvalue weighted by molar-refractivity contribution is -0.293. The van der Waals surface area contributed by atoms with E-state index >= 15 is 0 Å². The third-order valence-electron chi connectivity index (χ3n) is 7.40. The molecule has 2 rings (SSSR count). The highest BCUT2D eigenvalue weighted by atomic mass is 16.8. The van der Waals surface area contributed by atoms with Crippen molar-refractivity contribution in [3.05, 3.63) is 12.2 Å². The minimum absolute atomic E-state index is 0.0770. The molecule has 2 aliphatic heterocycles. The second-order valence-electron chi connectivity index (χ2n) is 12.9. The zero-order chi connectivity index (χ0) is 37.6. The first-order valence-corrected chi connectivity index (χ1v) is 17.4. The molecule has 3 atom stereocenters. The highest BCUT2D eigenvalue weighted by molar-refractivity contribution is 6.12. The van der Waals surface area contributed by atoms with Gasteiger partial charge in [-0.15, -0.1) is 0 Å². The fourth-order valence-corrected chi connectivity index (χ4v) is 4.82. The molecule has 1 saturated heterocycles. The number of aliphatic hydroxyl groups excluding tert-OH is 2. The molecular formula is C33H55N5O13. The number of imide groups is 1. The largest absolute Gasteiger partial charge is 0.444 e. The van der Waals surface area contributed by atoms with Crippen LogP contribution in [-0.2, 0) is 47.8 Å². The van der Waals surface area contributed by atoms with Crippen LogP contribution in [0.4, 0.5) is 4.79 Å². The molecule has 0 spiro atoms. The molecule has 0 aromatic heterocycles. The van der Waals surface area contributed by atoms with Gasteiger partial charge in [0.05, 0.1) is 39.1 Å². The molecular weight excluding hydrogens is 674 g/mol. The van der Waals surface area contributed by atoms with E-state index in [2.05, 4.69) is 16.0 Å². The SMILES string of the molecule is CC(C)(C)OC(=O)NC(CCCCNC(=O)COCCOCCOCCNC(=O)CCCCCN1C(=O)C=CC1=O)C(O)ON1C(=O)CCC1O. The zero-order valence-corrected chi connectivity index (χ0v) is 29.9. The molecule has 0 aliphatic carbocycles. The van der Waals surface area contributed by atoms with Gasteiger partial charge in [0.1, 0.15) is 12.2 Å². The summed E-state index contributed by atoms with van der Waals surface area (Å²) in [6, 6.07) is -0.953. The smallest absolute Gasteiger partial charge is 0.408 e. The van der Waals surface area contributed by atoms with E-state index in [1.807, 2.05) is 0 Å². The number of amides is 6. The van der Waals surface area contributed by atoms with E-state index < -0.39 is 36.2 Å². The van der Waals surface area contributed by atoms with E-state index in [1.54, 1.807) is 20.8 Å². The van der Waals surface area contributed by atoms with Crippen molar-refractivity contribution in [1.29, 1.82) is 0 Å². The average Bonchev–Trinajstić information content (AvgIpc) is 3.55. The summed E-state index contributed by atoms with van der Waals surface area (Å²) in [6.45, 7) is 7.40. The molecule has 3 unspecified atom stereocenters. The van der Waals surface area contributed by atoms with Gasteiger partial charge in [0.2, 0.25) is 24.0 Å². The Morgan fingerprint density at radius 2 is 1.51 bits per heavy atom. The Labute approximate surface area is 298 Å². The van der Waals surface area contributed by atoms with Crippen molar-refractivity contribution in [3.8, 4) is 0 Å². The normalized spacial score (nSPS) is 17.2. The van der Waals surface area contributed by atoms with E-state index in [1.165, 1.54) is 17.1 Å². The number of nitrogens with zero attached hydrogens (tertiary/aromatic N) is 2. The van der Waals surface area contributed by atoms with Gasteiger partial charge in [-0.2, -0.15) is 5.06 Å². The summed E-state index contributed by atoms with van der Waals surface area (Å²) in [5, 5.41) is 29.2. The van der Waals surface area contributed by atoms with E-state index in [0.717, 1.165) is 6.42 Å². The second kappa shape index (κ2) is 23.7. The molecule has 18 nitrogen and oxygen atoms in total. The molecule has 5 N–H and O–H groups in total. The monoisotopic (exact) mass is 729 g/mol. The predicted octanol–water partition coefficient (Wildman–Crippen LogP) is 0.00840. The van der Waals surface area contributed by atoms with Gasteiger partial charge in [0.15, 0.2) is 6.23 Å².